The molecule has 1 unspecified atom stereocenters. The van der Waals surface area contributed by atoms with E-state index in [0.29, 0.717) is 48.6 Å². The molecule has 1 atom stereocenters. The maximum atomic E-state index is 13.0. The highest BCUT2D eigenvalue weighted by atomic mass is 35.5. The van der Waals surface area contributed by atoms with Crippen molar-refractivity contribution in [3.63, 3.8) is 0 Å². The molecule has 0 radical (unpaired) electrons. The molecule has 0 aliphatic carbocycles. The first kappa shape index (κ1) is 20.7. The van der Waals surface area contributed by atoms with Crippen molar-refractivity contribution in [2.45, 2.75) is 32.2 Å². The number of halogens is 1. The third kappa shape index (κ3) is 4.31. The highest BCUT2D eigenvalue weighted by Crippen LogP contribution is 2.26. The largest absolute Gasteiger partial charge is 0.496 e. The van der Waals surface area contributed by atoms with Crippen LogP contribution in [0.1, 0.15) is 36.5 Å². The Hall–Kier alpha value is -2.54. The number of hydrogen-bond acceptors (Lipinski definition) is 6. The number of piperazine rings is 1. The molecule has 3 heterocycles. The fourth-order valence-electron chi connectivity index (χ4n) is 4.23. The molecule has 0 bridgehead atoms. The summed E-state index contributed by atoms with van der Waals surface area (Å²) in [5, 5.41) is 9.48. The van der Waals surface area contributed by atoms with E-state index in [-0.39, 0.29) is 5.91 Å². The summed E-state index contributed by atoms with van der Waals surface area (Å²) in [5.74, 6) is 2.29. The molecule has 2 aromatic rings. The first-order valence-electron chi connectivity index (χ1n) is 10.5. The predicted molar refractivity (Wildman–Crippen MR) is 119 cm³/mol. The van der Waals surface area contributed by atoms with Crippen LogP contribution >= 0.6 is 11.6 Å². The minimum absolute atomic E-state index is 0.0606. The van der Waals surface area contributed by atoms with Crippen LogP contribution in [0.15, 0.2) is 30.3 Å². The Bertz CT molecular complexity index is 884. The van der Waals surface area contributed by atoms with Crippen molar-refractivity contribution in [1.29, 1.82) is 0 Å². The summed E-state index contributed by atoms with van der Waals surface area (Å²) in [7, 11) is 1.56. The maximum absolute atomic E-state index is 13.0. The number of benzene rings is 1. The van der Waals surface area contributed by atoms with Gasteiger partial charge in [0, 0.05) is 43.8 Å². The van der Waals surface area contributed by atoms with E-state index in [0.717, 1.165) is 18.2 Å². The molecule has 0 spiro atoms. The minimum atomic E-state index is -0.0606. The fourth-order valence-corrected chi connectivity index (χ4v) is 4.41. The lowest BCUT2D eigenvalue weighted by Gasteiger charge is -2.36. The van der Waals surface area contributed by atoms with E-state index in [1.54, 1.807) is 25.3 Å². The average molecular weight is 430 g/mol. The van der Waals surface area contributed by atoms with Gasteiger partial charge in [-0.05, 0) is 56.5 Å². The summed E-state index contributed by atoms with van der Waals surface area (Å²) in [6.07, 6.45) is 3.70. The normalized spacial score (nSPS) is 19.7. The first-order chi connectivity index (χ1) is 14.6. The van der Waals surface area contributed by atoms with E-state index in [2.05, 4.69) is 33.0 Å². The van der Waals surface area contributed by atoms with Crippen LogP contribution in [-0.4, -0.2) is 66.9 Å². The number of aromatic nitrogens is 2. The molecule has 30 heavy (non-hydrogen) atoms. The number of anilines is 2. The summed E-state index contributed by atoms with van der Waals surface area (Å²) >= 11 is 6.08. The zero-order valence-electron chi connectivity index (χ0n) is 17.6. The lowest BCUT2D eigenvalue weighted by molar-refractivity contribution is 0.0743. The van der Waals surface area contributed by atoms with Crippen molar-refractivity contribution in [1.82, 2.24) is 15.1 Å². The van der Waals surface area contributed by atoms with Gasteiger partial charge in [0.2, 0.25) is 0 Å². The highest BCUT2D eigenvalue weighted by Gasteiger charge is 2.26. The SMILES string of the molecule is COc1ccc(Cl)cc1C(=O)N1CCN(c2ccc(N3CCCCC3C)nn2)CC1. The average Bonchev–Trinajstić information content (AvgIpc) is 2.79. The van der Waals surface area contributed by atoms with Crippen LogP contribution < -0.4 is 14.5 Å². The van der Waals surface area contributed by atoms with E-state index in [9.17, 15) is 4.79 Å². The zero-order chi connectivity index (χ0) is 21.1. The lowest BCUT2D eigenvalue weighted by Crippen LogP contribution is -2.49. The van der Waals surface area contributed by atoms with Crippen LogP contribution in [0.2, 0.25) is 5.02 Å². The maximum Gasteiger partial charge on any atom is 0.257 e. The van der Waals surface area contributed by atoms with Gasteiger partial charge < -0.3 is 19.4 Å². The Labute approximate surface area is 182 Å². The number of rotatable bonds is 4. The molecule has 2 aliphatic heterocycles. The second-order valence-electron chi connectivity index (χ2n) is 7.91. The molecule has 7 nitrogen and oxygen atoms in total. The Balaban J connectivity index is 1.39. The Morgan fingerprint density at radius 3 is 2.43 bits per heavy atom. The second-order valence-corrected chi connectivity index (χ2v) is 8.35. The molecule has 4 rings (SSSR count). The van der Waals surface area contributed by atoms with Gasteiger partial charge in [-0.2, -0.15) is 0 Å². The number of methoxy groups -OCH3 is 1. The van der Waals surface area contributed by atoms with Crippen molar-refractivity contribution >= 4 is 29.1 Å². The molecule has 2 aliphatic rings. The quantitative estimate of drug-likeness (QED) is 0.741. The summed E-state index contributed by atoms with van der Waals surface area (Å²) < 4.78 is 5.33. The second kappa shape index (κ2) is 9.08. The molecular weight excluding hydrogens is 402 g/mol. The summed E-state index contributed by atoms with van der Waals surface area (Å²) in [6.45, 7) is 5.94. The topological polar surface area (TPSA) is 61.8 Å². The number of ether oxygens (including phenoxy) is 1. The lowest BCUT2D eigenvalue weighted by atomic mass is 10.0. The van der Waals surface area contributed by atoms with Crippen molar-refractivity contribution < 1.29 is 9.53 Å². The van der Waals surface area contributed by atoms with Crippen LogP contribution in [0.3, 0.4) is 0 Å². The summed E-state index contributed by atoms with van der Waals surface area (Å²) in [6, 6.07) is 9.74. The van der Waals surface area contributed by atoms with E-state index < -0.39 is 0 Å². The van der Waals surface area contributed by atoms with Crippen molar-refractivity contribution in [2.75, 3.05) is 49.6 Å². The Morgan fingerprint density at radius 2 is 1.77 bits per heavy atom. The van der Waals surface area contributed by atoms with Gasteiger partial charge in [0.15, 0.2) is 11.6 Å². The van der Waals surface area contributed by atoms with E-state index >= 15 is 0 Å². The van der Waals surface area contributed by atoms with Crippen molar-refractivity contribution in [3.8, 4) is 5.75 Å². The van der Waals surface area contributed by atoms with Gasteiger partial charge in [-0.3, -0.25) is 4.79 Å². The van der Waals surface area contributed by atoms with Gasteiger partial charge in [-0.15, -0.1) is 10.2 Å². The van der Waals surface area contributed by atoms with Crippen LogP contribution in [0.4, 0.5) is 11.6 Å². The van der Waals surface area contributed by atoms with Crippen molar-refractivity contribution in [2.24, 2.45) is 0 Å². The Morgan fingerprint density at radius 1 is 1.03 bits per heavy atom. The van der Waals surface area contributed by atoms with E-state index in [1.807, 2.05) is 11.0 Å². The molecule has 2 fully saturated rings. The third-order valence-electron chi connectivity index (χ3n) is 6.02. The predicted octanol–water partition coefficient (Wildman–Crippen LogP) is 3.48. The van der Waals surface area contributed by atoms with E-state index in [1.165, 1.54) is 19.3 Å². The molecule has 0 saturated carbocycles. The molecule has 1 aromatic carbocycles. The minimum Gasteiger partial charge on any atom is -0.496 e. The Kier molecular flexibility index (Phi) is 6.27. The monoisotopic (exact) mass is 429 g/mol. The van der Waals surface area contributed by atoms with Crippen LogP contribution in [0.5, 0.6) is 5.75 Å². The molecule has 160 valence electrons. The molecule has 0 N–H and O–H groups in total. The summed E-state index contributed by atoms with van der Waals surface area (Å²) in [5.41, 5.74) is 0.498. The zero-order valence-corrected chi connectivity index (χ0v) is 18.3. The van der Waals surface area contributed by atoms with Gasteiger partial charge >= 0.3 is 0 Å². The van der Waals surface area contributed by atoms with Crippen molar-refractivity contribution in [3.05, 3.63) is 40.9 Å². The van der Waals surface area contributed by atoms with Gasteiger partial charge in [-0.25, -0.2) is 0 Å². The van der Waals surface area contributed by atoms with Crippen LogP contribution in [-0.2, 0) is 0 Å². The molecule has 2 saturated heterocycles. The highest BCUT2D eigenvalue weighted by molar-refractivity contribution is 6.31. The third-order valence-corrected chi connectivity index (χ3v) is 6.25. The molecular formula is C22H28ClN5O2. The van der Waals surface area contributed by atoms with Crippen LogP contribution in [0.25, 0.3) is 0 Å². The molecule has 1 amide bonds. The van der Waals surface area contributed by atoms with Gasteiger partial charge in [0.05, 0.1) is 12.7 Å². The smallest absolute Gasteiger partial charge is 0.257 e. The van der Waals surface area contributed by atoms with E-state index in [4.69, 9.17) is 16.3 Å². The number of nitrogens with zero attached hydrogens (tertiary/aromatic N) is 5. The molecule has 8 heteroatoms. The van der Waals surface area contributed by atoms with Gasteiger partial charge in [0.25, 0.3) is 5.91 Å². The fraction of sp³-hybridized carbons (Fsp3) is 0.500. The number of piperidine rings is 1. The summed E-state index contributed by atoms with van der Waals surface area (Å²) in [4.78, 5) is 19.3. The number of carbonyl (C=O) groups is 1. The van der Waals surface area contributed by atoms with Crippen LogP contribution in [0, 0.1) is 0 Å². The standard InChI is InChI=1S/C22H28ClN5O2/c1-16-5-3-4-10-28(16)21-9-8-20(24-25-21)26-11-13-27(14-12-26)22(29)18-15-17(23)6-7-19(18)30-2/h6-9,15-16H,3-5,10-14H2,1-2H3. The van der Waals surface area contributed by atoms with Gasteiger partial charge in [0.1, 0.15) is 5.75 Å². The first-order valence-corrected chi connectivity index (χ1v) is 10.9. The number of carbonyl (C=O) groups excluding carboxylic acids is 1. The molecule has 1 aromatic heterocycles. The number of amides is 1. The number of hydrogen-bond donors (Lipinski definition) is 0. The van der Waals surface area contributed by atoms with Gasteiger partial charge in [-0.1, -0.05) is 11.6 Å².